The van der Waals surface area contributed by atoms with Gasteiger partial charge < -0.3 is 19.4 Å². The maximum Gasteiger partial charge on any atom is 0.318 e. The molecule has 1 N–H and O–H groups in total. The van der Waals surface area contributed by atoms with E-state index in [1.807, 2.05) is 41.8 Å². The van der Waals surface area contributed by atoms with Gasteiger partial charge in [0.25, 0.3) is 0 Å². The number of carbonyl (C=O) groups excluding carboxylic acids is 1. The molecule has 7 heteroatoms. The van der Waals surface area contributed by atoms with Gasteiger partial charge in [-0.2, -0.15) is 5.10 Å². The van der Waals surface area contributed by atoms with Gasteiger partial charge in [0.05, 0.1) is 18.3 Å². The Balaban J connectivity index is 1.76. The number of ether oxygens (including phenoxy) is 1. The first-order valence-electron chi connectivity index (χ1n) is 8.70. The lowest BCUT2D eigenvalue weighted by molar-refractivity contribution is 0.125. The molecule has 2 aromatic heterocycles. The summed E-state index contributed by atoms with van der Waals surface area (Å²) in [5.74, 6) is 1.53. The highest BCUT2D eigenvalue weighted by molar-refractivity contribution is 5.75. The van der Waals surface area contributed by atoms with Crippen molar-refractivity contribution in [1.82, 2.24) is 20.0 Å². The zero-order valence-corrected chi connectivity index (χ0v) is 15.1. The van der Waals surface area contributed by atoms with Gasteiger partial charge in [0.1, 0.15) is 17.6 Å². The molecule has 7 nitrogen and oxygen atoms in total. The molecule has 2 amide bonds. The second-order valence-electron chi connectivity index (χ2n) is 6.49. The summed E-state index contributed by atoms with van der Waals surface area (Å²) in [7, 11) is 3.54. The van der Waals surface area contributed by atoms with E-state index in [1.54, 1.807) is 13.3 Å². The van der Waals surface area contributed by atoms with E-state index in [9.17, 15) is 4.79 Å². The summed E-state index contributed by atoms with van der Waals surface area (Å²) in [6.45, 7) is 2.99. The minimum Gasteiger partial charge on any atom is -0.464 e. The molecule has 0 spiro atoms. The molecule has 0 unspecified atom stereocenters. The smallest absolute Gasteiger partial charge is 0.318 e. The van der Waals surface area contributed by atoms with Crippen LogP contribution in [0, 0.1) is 6.92 Å². The summed E-state index contributed by atoms with van der Waals surface area (Å²) < 4.78 is 12.8. The molecule has 1 saturated heterocycles. The standard InChI is InChI=1S/C18H26N4O3/c1-13-7-8-17(25-13)14(12-24-3)20-18(23)22-11-5-4-6-16(22)15-9-10-19-21(15)2/h7-10,14,16H,4-6,11-12H2,1-3H3,(H,20,23)/t14-,16-/m1/s1. The van der Waals surface area contributed by atoms with Crippen LogP contribution in [-0.2, 0) is 11.8 Å². The quantitative estimate of drug-likeness (QED) is 0.903. The maximum absolute atomic E-state index is 13.0. The van der Waals surface area contributed by atoms with Crippen molar-refractivity contribution in [2.24, 2.45) is 7.05 Å². The maximum atomic E-state index is 13.0. The molecule has 0 radical (unpaired) electrons. The fourth-order valence-corrected chi connectivity index (χ4v) is 3.43. The third-order valence-electron chi connectivity index (χ3n) is 4.70. The number of nitrogens with one attached hydrogen (secondary N) is 1. The van der Waals surface area contributed by atoms with Crippen molar-refractivity contribution in [1.29, 1.82) is 0 Å². The number of carbonyl (C=O) groups is 1. The van der Waals surface area contributed by atoms with Crippen LogP contribution in [0.25, 0.3) is 0 Å². The minimum atomic E-state index is -0.305. The number of furan rings is 1. The summed E-state index contributed by atoms with van der Waals surface area (Å²) in [6, 6.07) is 5.40. The monoisotopic (exact) mass is 346 g/mol. The number of piperidine rings is 1. The third-order valence-corrected chi connectivity index (χ3v) is 4.70. The average molecular weight is 346 g/mol. The highest BCUT2D eigenvalue weighted by Gasteiger charge is 2.31. The van der Waals surface area contributed by atoms with E-state index in [2.05, 4.69) is 10.4 Å². The molecule has 0 bridgehead atoms. The van der Waals surface area contributed by atoms with E-state index in [0.717, 1.165) is 37.3 Å². The molecule has 1 fully saturated rings. The number of aryl methyl sites for hydroxylation is 2. The van der Waals surface area contributed by atoms with Crippen LogP contribution >= 0.6 is 0 Å². The third kappa shape index (κ3) is 3.87. The predicted octanol–water partition coefficient (Wildman–Crippen LogP) is 2.95. The summed E-state index contributed by atoms with van der Waals surface area (Å²) in [5, 5.41) is 7.32. The van der Waals surface area contributed by atoms with E-state index in [4.69, 9.17) is 9.15 Å². The Hall–Kier alpha value is -2.28. The van der Waals surface area contributed by atoms with Gasteiger partial charge in [0, 0.05) is 26.9 Å². The summed E-state index contributed by atoms with van der Waals surface area (Å²) >= 11 is 0. The first-order valence-corrected chi connectivity index (χ1v) is 8.70. The molecular weight excluding hydrogens is 320 g/mol. The van der Waals surface area contributed by atoms with Crippen LogP contribution in [0.4, 0.5) is 4.79 Å². The van der Waals surface area contributed by atoms with Gasteiger partial charge in [-0.25, -0.2) is 4.79 Å². The van der Waals surface area contributed by atoms with Crippen LogP contribution in [0.3, 0.4) is 0 Å². The van der Waals surface area contributed by atoms with Crippen molar-refractivity contribution in [2.75, 3.05) is 20.3 Å². The van der Waals surface area contributed by atoms with Gasteiger partial charge in [-0.3, -0.25) is 4.68 Å². The van der Waals surface area contributed by atoms with Gasteiger partial charge in [-0.1, -0.05) is 0 Å². The first kappa shape index (κ1) is 17.5. The number of aromatic nitrogens is 2. The number of nitrogens with zero attached hydrogens (tertiary/aromatic N) is 3. The molecule has 2 atom stereocenters. The number of rotatable bonds is 5. The predicted molar refractivity (Wildman–Crippen MR) is 93.1 cm³/mol. The van der Waals surface area contributed by atoms with Crippen LogP contribution in [0.15, 0.2) is 28.8 Å². The highest BCUT2D eigenvalue weighted by atomic mass is 16.5. The Kier molecular flexibility index (Phi) is 5.43. The Morgan fingerprint density at radius 1 is 1.44 bits per heavy atom. The van der Waals surface area contributed by atoms with Gasteiger partial charge in [0.15, 0.2) is 0 Å². The molecule has 3 heterocycles. The van der Waals surface area contributed by atoms with E-state index >= 15 is 0 Å². The molecule has 136 valence electrons. The van der Waals surface area contributed by atoms with Crippen LogP contribution in [0.5, 0.6) is 0 Å². The van der Waals surface area contributed by atoms with Crippen LogP contribution in [-0.4, -0.2) is 41.0 Å². The molecule has 0 aliphatic carbocycles. The number of hydrogen-bond donors (Lipinski definition) is 1. The largest absolute Gasteiger partial charge is 0.464 e. The molecule has 2 aromatic rings. The molecule has 25 heavy (non-hydrogen) atoms. The zero-order chi connectivity index (χ0) is 17.8. The van der Waals surface area contributed by atoms with Crippen molar-refractivity contribution in [3.63, 3.8) is 0 Å². The van der Waals surface area contributed by atoms with E-state index in [1.165, 1.54) is 0 Å². The minimum absolute atomic E-state index is 0.0442. The van der Waals surface area contributed by atoms with Gasteiger partial charge in [-0.15, -0.1) is 0 Å². The van der Waals surface area contributed by atoms with Crippen molar-refractivity contribution < 1.29 is 13.9 Å². The summed E-state index contributed by atoms with van der Waals surface area (Å²) in [6.07, 6.45) is 4.84. The molecular formula is C18H26N4O3. The molecule has 1 aliphatic rings. The van der Waals surface area contributed by atoms with Crippen molar-refractivity contribution >= 4 is 6.03 Å². The Labute approximate surface area is 147 Å². The number of amides is 2. The van der Waals surface area contributed by atoms with Gasteiger partial charge in [-0.05, 0) is 44.4 Å². The Bertz CT molecular complexity index is 709. The fourth-order valence-electron chi connectivity index (χ4n) is 3.43. The molecule has 0 aromatic carbocycles. The van der Waals surface area contributed by atoms with Crippen molar-refractivity contribution in [3.8, 4) is 0 Å². The van der Waals surface area contributed by atoms with Crippen LogP contribution in [0.2, 0.25) is 0 Å². The molecule has 3 rings (SSSR count). The number of likely N-dealkylation sites (tertiary alicyclic amines) is 1. The van der Waals surface area contributed by atoms with Crippen molar-refractivity contribution in [3.05, 3.63) is 41.6 Å². The first-order chi connectivity index (χ1) is 12.1. The van der Waals surface area contributed by atoms with E-state index in [0.29, 0.717) is 12.4 Å². The number of urea groups is 1. The van der Waals surface area contributed by atoms with Gasteiger partial charge >= 0.3 is 6.03 Å². The SMILES string of the molecule is COC[C@@H](NC(=O)N1CCCC[C@@H]1c1ccnn1C)c1ccc(C)o1. The van der Waals surface area contributed by atoms with Crippen LogP contribution in [0.1, 0.15) is 48.6 Å². The lowest BCUT2D eigenvalue weighted by Gasteiger charge is -2.36. The Morgan fingerprint density at radius 2 is 2.28 bits per heavy atom. The Morgan fingerprint density at radius 3 is 2.92 bits per heavy atom. The number of methoxy groups -OCH3 is 1. The fraction of sp³-hybridized carbons (Fsp3) is 0.556. The summed E-state index contributed by atoms with van der Waals surface area (Å²) in [5.41, 5.74) is 1.06. The second kappa shape index (κ2) is 7.74. The topological polar surface area (TPSA) is 72.5 Å². The van der Waals surface area contributed by atoms with Gasteiger partial charge in [0.2, 0.25) is 0 Å². The second-order valence-corrected chi connectivity index (χ2v) is 6.49. The highest BCUT2D eigenvalue weighted by Crippen LogP contribution is 2.31. The zero-order valence-electron chi connectivity index (χ0n) is 15.1. The number of hydrogen-bond acceptors (Lipinski definition) is 4. The molecule has 1 aliphatic heterocycles. The summed E-state index contributed by atoms with van der Waals surface area (Å²) in [4.78, 5) is 14.9. The molecule has 0 saturated carbocycles. The lowest BCUT2D eigenvalue weighted by atomic mass is 9.99. The van der Waals surface area contributed by atoms with E-state index < -0.39 is 0 Å². The lowest BCUT2D eigenvalue weighted by Crippen LogP contribution is -2.46. The van der Waals surface area contributed by atoms with E-state index in [-0.39, 0.29) is 18.1 Å². The normalized spacial score (nSPS) is 19.0. The average Bonchev–Trinajstić information content (AvgIpc) is 3.22. The van der Waals surface area contributed by atoms with Crippen molar-refractivity contribution in [2.45, 2.75) is 38.3 Å². The van der Waals surface area contributed by atoms with Crippen LogP contribution < -0.4 is 5.32 Å².